The van der Waals surface area contributed by atoms with Crippen LogP contribution in [0, 0.1) is 37.5 Å². The van der Waals surface area contributed by atoms with Crippen LogP contribution in [0.4, 0.5) is 0 Å². The number of hydrogen-bond acceptors (Lipinski definition) is 2. The lowest BCUT2D eigenvalue weighted by Crippen LogP contribution is -1.96. The lowest BCUT2D eigenvalue weighted by Gasteiger charge is -2.00. The minimum absolute atomic E-state index is 0.596. The Kier molecular flexibility index (Phi) is 4.87. The smallest absolute Gasteiger partial charge is 0.148 e. The number of aromatic nitrogens is 2. The molecular formula is C26H18N2. The molecule has 0 aliphatic rings. The van der Waals surface area contributed by atoms with Gasteiger partial charge in [0.05, 0.1) is 11.0 Å². The standard InChI is InChI=1S/C26H18N2/c1-19-7-11-21(12-8-19)15-17-25-26(18-16-22-13-9-20(2)10-14-22)28-24-6-4-3-5-23(24)27-25/h3-14H,1-2H3. The predicted molar refractivity (Wildman–Crippen MR) is 114 cm³/mol. The van der Waals surface area contributed by atoms with Gasteiger partial charge in [-0.25, -0.2) is 9.97 Å². The Morgan fingerprint density at radius 3 is 1.29 bits per heavy atom. The second kappa shape index (κ2) is 7.78. The van der Waals surface area contributed by atoms with Crippen LogP contribution >= 0.6 is 0 Å². The van der Waals surface area contributed by atoms with Gasteiger partial charge in [0.2, 0.25) is 0 Å². The molecule has 0 saturated carbocycles. The van der Waals surface area contributed by atoms with Crippen molar-refractivity contribution in [2.24, 2.45) is 0 Å². The van der Waals surface area contributed by atoms with Crippen molar-refractivity contribution in [2.75, 3.05) is 0 Å². The molecule has 132 valence electrons. The van der Waals surface area contributed by atoms with E-state index < -0.39 is 0 Å². The topological polar surface area (TPSA) is 25.8 Å². The summed E-state index contributed by atoms with van der Waals surface area (Å²) in [6, 6.07) is 24.0. The van der Waals surface area contributed by atoms with E-state index in [0.717, 1.165) is 22.2 Å². The third kappa shape index (κ3) is 4.09. The Hall–Kier alpha value is -3.88. The van der Waals surface area contributed by atoms with E-state index in [2.05, 4.69) is 37.5 Å². The van der Waals surface area contributed by atoms with Gasteiger partial charge in [-0.2, -0.15) is 0 Å². The van der Waals surface area contributed by atoms with Crippen LogP contribution < -0.4 is 0 Å². The fraction of sp³-hybridized carbons (Fsp3) is 0.0769. The molecule has 0 saturated heterocycles. The molecule has 0 radical (unpaired) electrons. The molecule has 0 aliphatic heterocycles. The first-order valence-corrected chi connectivity index (χ1v) is 9.11. The second-order valence-electron chi connectivity index (χ2n) is 6.64. The largest absolute Gasteiger partial charge is 0.235 e. The molecule has 3 aromatic carbocycles. The monoisotopic (exact) mass is 358 g/mol. The SMILES string of the molecule is Cc1ccc(C#Cc2nc3ccccc3nc2C#Cc2ccc(C)cc2)cc1. The summed E-state index contributed by atoms with van der Waals surface area (Å²) in [7, 11) is 0. The fourth-order valence-electron chi connectivity index (χ4n) is 2.71. The number of para-hydroxylation sites is 2. The average Bonchev–Trinajstić information content (AvgIpc) is 2.72. The van der Waals surface area contributed by atoms with E-state index in [0.29, 0.717) is 11.4 Å². The first-order valence-electron chi connectivity index (χ1n) is 9.11. The summed E-state index contributed by atoms with van der Waals surface area (Å²) >= 11 is 0. The Balaban J connectivity index is 1.79. The van der Waals surface area contributed by atoms with Gasteiger partial charge in [0, 0.05) is 11.1 Å². The van der Waals surface area contributed by atoms with E-state index in [1.807, 2.05) is 72.8 Å². The summed E-state index contributed by atoms with van der Waals surface area (Å²) in [6.45, 7) is 4.12. The Bertz CT molecular complexity index is 1160. The van der Waals surface area contributed by atoms with Crippen LogP contribution in [-0.2, 0) is 0 Å². The Morgan fingerprint density at radius 2 is 0.893 bits per heavy atom. The highest BCUT2D eigenvalue weighted by Crippen LogP contribution is 2.12. The Labute approximate surface area is 165 Å². The van der Waals surface area contributed by atoms with Gasteiger partial charge in [0.25, 0.3) is 0 Å². The highest BCUT2D eigenvalue weighted by atomic mass is 14.8. The van der Waals surface area contributed by atoms with Gasteiger partial charge in [0.1, 0.15) is 11.4 Å². The summed E-state index contributed by atoms with van der Waals surface area (Å²) in [6.07, 6.45) is 0. The summed E-state index contributed by atoms with van der Waals surface area (Å²) in [4.78, 5) is 9.39. The van der Waals surface area contributed by atoms with E-state index >= 15 is 0 Å². The van der Waals surface area contributed by atoms with Gasteiger partial charge in [0.15, 0.2) is 0 Å². The molecule has 0 spiro atoms. The number of benzene rings is 3. The molecule has 0 bridgehead atoms. The van der Waals surface area contributed by atoms with Crippen LogP contribution in [0.1, 0.15) is 33.6 Å². The van der Waals surface area contributed by atoms with Gasteiger partial charge in [-0.05, 0) is 62.1 Å². The maximum Gasteiger partial charge on any atom is 0.148 e. The third-order valence-corrected chi connectivity index (χ3v) is 4.32. The molecule has 0 fully saturated rings. The zero-order valence-corrected chi connectivity index (χ0v) is 15.8. The van der Waals surface area contributed by atoms with Gasteiger partial charge in [-0.15, -0.1) is 0 Å². The van der Waals surface area contributed by atoms with Gasteiger partial charge in [-0.3, -0.25) is 0 Å². The van der Waals surface area contributed by atoms with Crippen molar-refractivity contribution in [2.45, 2.75) is 13.8 Å². The van der Waals surface area contributed by atoms with Crippen LogP contribution in [-0.4, -0.2) is 9.97 Å². The molecule has 1 heterocycles. The molecule has 4 aromatic rings. The zero-order chi connectivity index (χ0) is 19.3. The van der Waals surface area contributed by atoms with Crippen molar-refractivity contribution in [3.05, 3.63) is 106 Å². The first kappa shape index (κ1) is 17.5. The van der Waals surface area contributed by atoms with Crippen molar-refractivity contribution in [3.63, 3.8) is 0 Å². The Morgan fingerprint density at radius 1 is 0.500 bits per heavy atom. The highest BCUT2D eigenvalue weighted by molar-refractivity contribution is 5.75. The normalized spacial score (nSPS) is 9.93. The number of hydrogen-bond donors (Lipinski definition) is 0. The van der Waals surface area contributed by atoms with Crippen molar-refractivity contribution >= 4 is 11.0 Å². The maximum atomic E-state index is 4.70. The lowest BCUT2D eigenvalue weighted by molar-refractivity contribution is 1.23. The molecule has 0 aliphatic carbocycles. The number of aryl methyl sites for hydroxylation is 2. The summed E-state index contributed by atoms with van der Waals surface area (Å²) < 4.78 is 0. The van der Waals surface area contributed by atoms with E-state index in [1.54, 1.807) is 0 Å². The van der Waals surface area contributed by atoms with Crippen molar-refractivity contribution in [1.29, 1.82) is 0 Å². The lowest BCUT2D eigenvalue weighted by atomic mass is 10.1. The first-order chi connectivity index (χ1) is 13.7. The van der Waals surface area contributed by atoms with E-state index in [9.17, 15) is 0 Å². The van der Waals surface area contributed by atoms with Crippen LogP contribution in [0.15, 0.2) is 72.8 Å². The second-order valence-corrected chi connectivity index (χ2v) is 6.64. The molecule has 0 N–H and O–H groups in total. The van der Waals surface area contributed by atoms with E-state index in [-0.39, 0.29) is 0 Å². The molecule has 0 amide bonds. The average molecular weight is 358 g/mol. The summed E-state index contributed by atoms with van der Waals surface area (Å²) in [5.74, 6) is 12.7. The van der Waals surface area contributed by atoms with Crippen LogP contribution in [0.3, 0.4) is 0 Å². The van der Waals surface area contributed by atoms with E-state index in [4.69, 9.17) is 9.97 Å². The van der Waals surface area contributed by atoms with Crippen molar-refractivity contribution in [3.8, 4) is 23.7 Å². The van der Waals surface area contributed by atoms with Crippen molar-refractivity contribution in [1.82, 2.24) is 9.97 Å². The van der Waals surface area contributed by atoms with Crippen LogP contribution in [0.25, 0.3) is 11.0 Å². The number of rotatable bonds is 0. The maximum absolute atomic E-state index is 4.70. The summed E-state index contributed by atoms with van der Waals surface area (Å²) in [5.41, 5.74) is 7.13. The van der Waals surface area contributed by atoms with Gasteiger partial charge < -0.3 is 0 Å². The van der Waals surface area contributed by atoms with Gasteiger partial charge >= 0.3 is 0 Å². The number of fused-ring (bicyclic) bond motifs is 1. The molecular weight excluding hydrogens is 340 g/mol. The molecule has 4 rings (SSSR count). The number of nitrogens with zero attached hydrogens (tertiary/aromatic N) is 2. The summed E-state index contributed by atoms with van der Waals surface area (Å²) in [5, 5.41) is 0. The van der Waals surface area contributed by atoms with Crippen LogP contribution in [0.5, 0.6) is 0 Å². The third-order valence-electron chi connectivity index (χ3n) is 4.32. The zero-order valence-electron chi connectivity index (χ0n) is 15.8. The molecule has 1 aromatic heterocycles. The molecule has 2 heteroatoms. The fourth-order valence-corrected chi connectivity index (χ4v) is 2.71. The minimum atomic E-state index is 0.596. The quantitative estimate of drug-likeness (QED) is 0.411. The highest BCUT2D eigenvalue weighted by Gasteiger charge is 2.05. The molecule has 0 unspecified atom stereocenters. The molecule has 2 nitrogen and oxygen atoms in total. The molecule has 28 heavy (non-hydrogen) atoms. The molecule has 0 atom stereocenters. The minimum Gasteiger partial charge on any atom is -0.235 e. The predicted octanol–water partition coefficient (Wildman–Crippen LogP) is 5.05. The van der Waals surface area contributed by atoms with E-state index in [1.165, 1.54) is 11.1 Å². The van der Waals surface area contributed by atoms with Gasteiger partial charge in [-0.1, -0.05) is 59.4 Å². The van der Waals surface area contributed by atoms with Crippen molar-refractivity contribution < 1.29 is 0 Å². The van der Waals surface area contributed by atoms with Crippen LogP contribution in [0.2, 0.25) is 0 Å².